The maximum atomic E-state index is 13.7. The van der Waals surface area contributed by atoms with Crippen LogP contribution in [0.4, 0.5) is 28.0 Å². The van der Waals surface area contributed by atoms with Gasteiger partial charge in [0, 0.05) is 30.8 Å². The summed E-state index contributed by atoms with van der Waals surface area (Å²) in [6, 6.07) is -0.0430. The first-order valence-electron chi connectivity index (χ1n) is 7.32. The van der Waals surface area contributed by atoms with E-state index in [1.165, 1.54) is 0 Å². The molecular formula is C14H12F4N3O5-. The third kappa shape index (κ3) is 4.18. The molecule has 2 amide bonds. The summed E-state index contributed by atoms with van der Waals surface area (Å²) in [6.45, 7) is -0.0457. The van der Waals surface area contributed by atoms with E-state index in [1.807, 2.05) is 0 Å². The van der Waals surface area contributed by atoms with E-state index in [9.17, 15) is 42.4 Å². The molecule has 1 unspecified atom stereocenters. The zero-order valence-electron chi connectivity index (χ0n) is 13.0. The van der Waals surface area contributed by atoms with Crippen LogP contribution in [0.15, 0.2) is 12.1 Å². The van der Waals surface area contributed by atoms with E-state index in [2.05, 4.69) is 5.32 Å². The Morgan fingerprint density at radius 2 is 1.96 bits per heavy atom. The lowest BCUT2D eigenvalue weighted by Crippen LogP contribution is -2.52. The van der Waals surface area contributed by atoms with Gasteiger partial charge in [-0.1, -0.05) is 0 Å². The number of alkyl halides is 3. The van der Waals surface area contributed by atoms with Gasteiger partial charge in [0.25, 0.3) is 5.91 Å². The van der Waals surface area contributed by atoms with Crippen LogP contribution in [-0.4, -0.2) is 41.0 Å². The molecule has 1 aromatic rings. The fraction of sp³-hybridized carbons (Fsp3) is 0.429. The molecule has 1 atom stereocenters. The molecule has 2 rings (SSSR count). The molecule has 0 aliphatic carbocycles. The molecule has 1 N–H and O–H groups in total. The molecule has 0 saturated carbocycles. The highest BCUT2D eigenvalue weighted by molar-refractivity contribution is 5.95. The molecular weight excluding hydrogens is 366 g/mol. The minimum absolute atomic E-state index is 0.108. The Kier molecular flexibility index (Phi) is 5.33. The number of rotatable bonds is 3. The van der Waals surface area contributed by atoms with Crippen molar-refractivity contribution in [3.05, 3.63) is 39.2 Å². The summed E-state index contributed by atoms with van der Waals surface area (Å²) in [5, 5.41) is 23.4. The van der Waals surface area contributed by atoms with Gasteiger partial charge < -0.3 is 20.1 Å². The lowest BCUT2D eigenvalue weighted by Gasteiger charge is -2.33. The second-order valence-corrected chi connectivity index (χ2v) is 5.63. The van der Waals surface area contributed by atoms with Crippen molar-refractivity contribution in [1.82, 2.24) is 10.2 Å². The number of hydrogen-bond donors (Lipinski definition) is 1. The molecule has 8 nitrogen and oxygen atoms in total. The second kappa shape index (κ2) is 7.14. The monoisotopic (exact) mass is 378 g/mol. The van der Waals surface area contributed by atoms with Gasteiger partial charge in [0.15, 0.2) is 0 Å². The van der Waals surface area contributed by atoms with Crippen molar-refractivity contribution in [3.8, 4) is 0 Å². The van der Waals surface area contributed by atoms with Crippen LogP contribution in [0, 0.1) is 15.9 Å². The Balaban J connectivity index is 2.37. The molecule has 1 aliphatic rings. The number of hydrogen-bond acceptors (Lipinski definition) is 5. The minimum atomic E-state index is -5.23. The van der Waals surface area contributed by atoms with Crippen molar-refractivity contribution in [2.45, 2.75) is 25.1 Å². The number of piperidine rings is 1. The topological polar surface area (TPSA) is 116 Å². The van der Waals surface area contributed by atoms with E-state index in [-0.39, 0.29) is 19.2 Å². The number of carboxylic acid groups (broad SMARTS) is 1. The lowest BCUT2D eigenvalue weighted by atomic mass is 10.0. The number of carbonyl (C=O) groups is 2. The molecule has 1 aromatic carbocycles. The lowest BCUT2D eigenvalue weighted by molar-refractivity contribution is -0.387. The van der Waals surface area contributed by atoms with E-state index in [1.54, 1.807) is 0 Å². The average Bonchev–Trinajstić information content (AvgIpc) is 2.52. The number of amides is 2. The third-order valence-corrected chi connectivity index (χ3v) is 3.83. The molecule has 26 heavy (non-hydrogen) atoms. The molecule has 0 spiro atoms. The highest BCUT2D eigenvalue weighted by atomic mass is 19.4. The summed E-state index contributed by atoms with van der Waals surface area (Å²) in [5.41, 5.74) is -4.10. The number of nitro groups is 1. The summed E-state index contributed by atoms with van der Waals surface area (Å²) < 4.78 is 52.5. The van der Waals surface area contributed by atoms with Gasteiger partial charge in [-0.25, -0.2) is 0 Å². The minimum Gasteiger partial charge on any atom is -0.530 e. The van der Waals surface area contributed by atoms with Crippen LogP contribution in [0.5, 0.6) is 0 Å². The summed E-state index contributed by atoms with van der Waals surface area (Å²) in [4.78, 5) is 33.5. The van der Waals surface area contributed by atoms with Crippen molar-refractivity contribution in [3.63, 3.8) is 0 Å². The smallest absolute Gasteiger partial charge is 0.419 e. The SMILES string of the molecule is O=C([O-])NC1CCCN(C(=O)c2cc([N+](=O)[O-])c(F)c(C(F)(F)F)c2)C1. The van der Waals surface area contributed by atoms with Gasteiger partial charge in [0.2, 0.25) is 5.82 Å². The third-order valence-electron chi connectivity index (χ3n) is 3.83. The number of nitro benzene ring substituents is 1. The largest absolute Gasteiger partial charge is 0.530 e. The molecule has 142 valence electrons. The Bertz CT molecular complexity index is 753. The summed E-state index contributed by atoms with van der Waals surface area (Å²) in [5.74, 6) is -3.07. The van der Waals surface area contributed by atoms with Gasteiger partial charge in [-0.05, 0) is 18.9 Å². The van der Waals surface area contributed by atoms with Crippen LogP contribution >= 0.6 is 0 Å². The quantitative estimate of drug-likeness (QED) is 0.483. The highest BCUT2D eigenvalue weighted by Crippen LogP contribution is 2.36. The van der Waals surface area contributed by atoms with Gasteiger partial charge in [-0.2, -0.15) is 17.6 Å². The number of carbonyl (C=O) groups excluding carboxylic acids is 2. The van der Waals surface area contributed by atoms with Crippen LogP contribution in [0.25, 0.3) is 0 Å². The molecule has 0 aromatic heterocycles. The Labute approximate surface area is 143 Å². The predicted octanol–water partition coefficient (Wildman–Crippen LogP) is 1.29. The second-order valence-electron chi connectivity index (χ2n) is 5.63. The van der Waals surface area contributed by atoms with Crippen molar-refractivity contribution in [2.24, 2.45) is 0 Å². The number of nitrogens with zero attached hydrogens (tertiary/aromatic N) is 2. The highest BCUT2D eigenvalue weighted by Gasteiger charge is 2.39. The van der Waals surface area contributed by atoms with Crippen LogP contribution < -0.4 is 10.4 Å². The maximum absolute atomic E-state index is 13.7. The molecule has 1 aliphatic heterocycles. The standard InChI is InChI=1S/C14H13F4N3O5/c15-11-9(14(16,17)18)4-7(5-10(11)21(25)26)12(22)20-3-1-2-8(6-20)19-13(23)24/h4-5,8,19H,1-3,6H2,(H,23,24)/p-1. The molecule has 1 heterocycles. The Morgan fingerprint density at radius 1 is 1.31 bits per heavy atom. The van der Waals surface area contributed by atoms with Gasteiger partial charge in [0.1, 0.15) is 6.09 Å². The van der Waals surface area contributed by atoms with Crippen molar-refractivity contribution < 1.29 is 37.2 Å². The van der Waals surface area contributed by atoms with E-state index < -0.39 is 51.8 Å². The first kappa shape index (κ1) is 19.4. The van der Waals surface area contributed by atoms with E-state index in [0.717, 1.165) is 4.90 Å². The Morgan fingerprint density at radius 3 is 2.50 bits per heavy atom. The van der Waals surface area contributed by atoms with Crippen molar-refractivity contribution in [1.29, 1.82) is 0 Å². The van der Waals surface area contributed by atoms with Crippen LogP contribution in [-0.2, 0) is 6.18 Å². The van der Waals surface area contributed by atoms with Crippen LogP contribution in [0.1, 0.15) is 28.8 Å². The average molecular weight is 378 g/mol. The molecule has 1 saturated heterocycles. The van der Waals surface area contributed by atoms with Gasteiger partial charge in [-0.15, -0.1) is 0 Å². The van der Waals surface area contributed by atoms with Gasteiger partial charge >= 0.3 is 11.9 Å². The molecule has 12 heteroatoms. The number of nitrogens with one attached hydrogen (secondary N) is 1. The summed E-state index contributed by atoms with van der Waals surface area (Å²) >= 11 is 0. The fourth-order valence-electron chi connectivity index (χ4n) is 2.70. The number of likely N-dealkylation sites (tertiary alicyclic amines) is 1. The number of benzene rings is 1. The van der Waals surface area contributed by atoms with Crippen molar-refractivity contribution in [2.75, 3.05) is 13.1 Å². The zero-order chi connectivity index (χ0) is 19.6. The van der Waals surface area contributed by atoms with E-state index >= 15 is 0 Å². The van der Waals surface area contributed by atoms with Crippen LogP contribution in [0.2, 0.25) is 0 Å². The normalized spacial score (nSPS) is 17.7. The van der Waals surface area contributed by atoms with E-state index in [4.69, 9.17) is 0 Å². The van der Waals surface area contributed by atoms with Gasteiger partial charge in [-0.3, -0.25) is 14.9 Å². The predicted molar refractivity (Wildman–Crippen MR) is 75.5 cm³/mol. The first-order valence-corrected chi connectivity index (χ1v) is 7.32. The van der Waals surface area contributed by atoms with E-state index in [0.29, 0.717) is 18.9 Å². The molecule has 0 bridgehead atoms. The zero-order valence-corrected chi connectivity index (χ0v) is 13.0. The fourth-order valence-corrected chi connectivity index (χ4v) is 2.70. The first-order chi connectivity index (χ1) is 12.0. The van der Waals surface area contributed by atoms with Crippen LogP contribution in [0.3, 0.4) is 0 Å². The summed E-state index contributed by atoms with van der Waals surface area (Å²) in [7, 11) is 0. The molecule has 0 radical (unpaired) electrons. The summed E-state index contributed by atoms with van der Waals surface area (Å²) in [6.07, 6.45) is -6.06. The number of halogens is 4. The Hall–Kier alpha value is -2.92. The van der Waals surface area contributed by atoms with Gasteiger partial charge in [0.05, 0.1) is 10.5 Å². The van der Waals surface area contributed by atoms with Crippen molar-refractivity contribution >= 4 is 17.7 Å². The molecule has 1 fully saturated rings. The maximum Gasteiger partial charge on any atom is 0.419 e.